The van der Waals surface area contributed by atoms with Crippen LogP contribution in [0.25, 0.3) is 23.0 Å². The second-order valence-corrected chi connectivity index (χ2v) is 7.66. The number of carbonyl (C=O) groups is 1. The fourth-order valence-corrected chi connectivity index (χ4v) is 4.22. The average molecular weight is 408 g/mol. The number of benzene rings is 1. The molecule has 2 aromatic heterocycles. The van der Waals surface area contributed by atoms with Crippen molar-refractivity contribution in [1.29, 1.82) is 0 Å². The van der Waals surface area contributed by atoms with Gasteiger partial charge in [0.2, 0.25) is 18.5 Å². The minimum Gasteiger partial charge on any atom is -0.454 e. The molecule has 2 aliphatic rings. The number of piperidine rings is 1. The maximum Gasteiger partial charge on any atom is 0.274 e. The molecule has 156 valence electrons. The van der Waals surface area contributed by atoms with Gasteiger partial charge in [0.25, 0.3) is 5.89 Å². The number of hydrogen-bond donors (Lipinski definition) is 0. The van der Waals surface area contributed by atoms with Gasteiger partial charge in [-0.25, -0.2) is 0 Å². The van der Waals surface area contributed by atoms with Crippen molar-refractivity contribution in [1.82, 2.24) is 19.6 Å². The molecule has 30 heavy (non-hydrogen) atoms. The van der Waals surface area contributed by atoms with Gasteiger partial charge in [0.1, 0.15) is 12.2 Å². The fourth-order valence-electron chi connectivity index (χ4n) is 4.22. The van der Waals surface area contributed by atoms with E-state index in [4.69, 9.17) is 14.0 Å². The van der Waals surface area contributed by atoms with Crippen LogP contribution in [0.1, 0.15) is 32.6 Å². The van der Waals surface area contributed by atoms with Gasteiger partial charge in [-0.1, -0.05) is 12.1 Å². The summed E-state index contributed by atoms with van der Waals surface area (Å²) in [6.07, 6.45) is 6.23. The van der Waals surface area contributed by atoms with E-state index in [9.17, 15) is 4.79 Å². The van der Waals surface area contributed by atoms with E-state index in [0.29, 0.717) is 29.3 Å². The van der Waals surface area contributed by atoms with E-state index in [1.54, 1.807) is 0 Å². The molecule has 0 radical (unpaired) electrons. The maximum absolute atomic E-state index is 13.0. The Kier molecular flexibility index (Phi) is 4.90. The molecule has 8 heteroatoms. The summed E-state index contributed by atoms with van der Waals surface area (Å²) in [7, 11) is 0. The summed E-state index contributed by atoms with van der Waals surface area (Å²) >= 11 is 0. The first-order valence-corrected chi connectivity index (χ1v) is 10.4. The average Bonchev–Trinajstić information content (AvgIpc) is 3.53. The van der Waals surface area contributed by atoms with Crippen molar-refractivity contribution in [3.8, 4) is 34.5 Å². The number of amides is 1. The van der Waals surface area contributed by atoms with Gasteiger partial charge >= 0.3 is 0 Å². The third kappa shape index (κ3) is 3.42. The lowest BCUT2D eigenvalue weighted by Gasteiger charge is -2.35. The zero-order chi connectivity index (χ0) is 20.5. The highest BCUT2D eigenvalue weighted by atomic mass is 16.7. The summed E-state index contributed by atoms with van der Waals surface area (Å²) in [6.45, 7) is 3.46. The van der Waals surface area contributed by atoms with Gasteiger partial charge in [0.05, 0.1) is 0 Å². The molecule has 0 saturated carbocycles. The Bertz CT molecular complexity index is 1060. The van der Waals surface area contributed by atoms with Gasteiger partial charge in [0, 0.05) is 24.3 Å². The number of hydrogen-bond acceptors (Lipinski definition) is 6. The Morgan fingerprint density at radius 3 is 3.00 bits per heavy atom. The van der Waals surface area contributed by atoms with Crippen LogP contribution < -0.4 is 9.47 Å². The molecule has 4 heterocycles. The van der Waals surface area contributed by atoms with Gasteiger partial charge in [-0.15, -0.1) is 0 Å². The van der Waals surface area contributed by atoms with Crippen molar-refractivity contribution in [2.75, 3.05) is 13.3 Å². The van der Waals surface area contributed by atoms with E-state index in [1.165, 1.54) is 6.42 Å². The largest absolute Gasteiger partial charge is 0.454 e. The first-order chi connectivity index (χ1) is 14.7. The van der Waals surface area contributed by atoms with Gasteiger partial charge in [0.15, 0.2) is 11.5 Å². The summed E-state index contributed by atoms with van der Waals surface area (Å²) in [4.78, 5) is 19.5. The van der Waals surface area contributed by atoms with E-state index < -0.39 is 0 Å². The zero-order valence-electron chi connectivity index (χ0n) is 16.9. The molecule has 1 unspecified atom stereocenters. The summed E-state index contributed by atoms with van der Waals surface area (Å²) < 4.78 is 18.2. The van der Waals surface area contributed by atoms with Crippen molar-refractivity contribution in [3.63, 3.8) is 0 Å². The van der Waals surface area contributed by atoms with Crippen molar-refractivity contribution >= 4 is 5.91 Å². The van der Waals surface area contributed by atoms with E-state index >= 15 is 0 Å². The number of rotatable bonds is 5. The highest BCUT2D eigenvalue weighted by Gasteiger charge is 2.26. The van der Waals surface area contributed by atoms with Gasteiger partial charge in [-0.3, -0.25) is 4.79 Å². The molecule has 0 aliphatic carbocycles. The quantitative estimate of drug-likeness (QED) is 0.640. The lowest BCUT2D eigenvalue weighted by atomic mass is 10.00. The summed E-state index contributed by atoms with van der Waals surface area (Å²) in [6, 6.07) is 9.65. The normalized spacial score (nSPS) is 18.0. The van der Waals surface area contributed by atoms with Crippen LogP contribution >= 0.6 is 0 Å². The monoisotopic (exact) mass is 408 g/mol. The van der Waals surface area contributed by atoms with Crippen LogP contribution in [0.2, 0.25) is 0 Å². The number of nitrogens with zero attached hydrogens (tertiary/aromatic N) is 4. The van der Waals surface area contributed by atoms with Crippen LogP contribution in [0.5, 0.6) is 11.5 Å². The minimum absolute atomic E-state index is 0.134. The van der Waals surface area contributed by atoms with Crippen LogP contribution in [0.15, 0.2) is 41.1 Å². The second kappa shape index (κ2) is 7.85. The van der Waals surface area contributed by atoms with Crippen molar-refractivity contribution < 1.29 is 18.8 Å². The number of aromatic nitrogens is 3. The number of likely N-dealkylation sites (tertiary alicyclic amines) is 1. The summed E-state index contributed by atoms with van der Waals surface area (Å²) in [5.74, 6) is 2.35. The lowest BCUT2D eigenvalue weighted by Crippen LogP contribution is -2.44. The molecule has 3 aromatic rings. The van der Waals surface area contributed by atoms with Crippen LogP contribution in [-0.2, 0) is 11.3 Å². The minimum atomic E-state index is 0.134. The maximum atomic E-state index is 13.0. The SMILES string of the molecule is CCC1CCCCN1C(=O)Cn1cccc1-c1nc(-c2ccc3c(c2)OCO3)no1. The molecule has 1 amide bonds. The predicted molar refractivity (Wildman–Crippen MR) is 109 cm³/mol. The molecule has 1 saturated heterocycles. The molecule has 0 bridgehead atoms. The highest BCUT2D eigenvalue weighted by Crippen LogP contribution is 2.35. The third-order valence-electron chi connectivity index (χ3n) is 5.83. The molecule has 0 spiro atoms. The van der Waals surface area contributed by atoms with Gasteiger partial charge < -0.3 is 23.5 Å². The molecular weight excluding hydrogens is 384 g/mol. The first kappa shape index (κ1) is 18.7. The fraction of sp³-hybridized carbons (Fsp3) is 0.409. The third-order valence-corrected chi connectivity index (χ3v) is 5.83. The zero-order valence-corrected chi connectivity index (χ0v) is 16.9. The Balaban J connectivity index is 1.36. The van der Waals surface area contributed by atoms with Crippen molar-refractivity contribution in [2.24, 2.45) is 0 Å². The molecule has 1 atom stereocenters. The number of fused-ring (bicyclic) bond motifs is 1. The molecule has 5 rings (SSSR count). The van der Waals surface area contributed by atoms with E-state index in [0.717, 1.165) is 37.1 Å². The Hall–Kier alpha value is -3.29. The second-order valence-electron chi connectivity index (χ2n) is 7.66. The number of carbonyl (C=O) groups excluding carboxylic acids is 1. The molecule has 2 aliphatic heterocycles. The van der Waals surface area contributed by atoms with Crippen molar-refractivity contribution in [2.45, 2.75) is 45.2 Å². The summed E-state index contributed by atoms with van der Waals surface area (Å²) in [5, 5.41) is 4.11. The Morgan fingerprint density at radius 1 is 1.20 bits per heavy atom. The van der Waals surface area contributed by atoms with Crippen LogP contribution in [0.4, 0.5) is 0 Å². The Morgan fingerprint density at radius 2 is 2.10 bits per heavy atom. The molecule has 8 nitrogen and oxygen atoms in total. The van der Waals surface area contributed by atoms with Crippen molar-refractivity contribution in [3.05, 3.63) is 36.5 Å². The number of ether oxygens (including phenoxy) is 2. The standard InChI is InChI=1S/C22H24N4O4/c1-2-16-6-3-4-11-26(16)20(27)13-25-10-5-7-17(25)22-23-21(24-30-22)15-8-9-18-19(12-15)29-14-28-18/h5,7-10,12,16H,2-4,6,11,13-14H2,1H3. The highest BCUT2D eigenvalue weighted by molar-refractivity contribution is 5.77. The van der Waals surface area contributed by atoms with Gasteiger partial charge in [-0.05, 0) is 56.0 Å². The van der Waals surface area contributed by atoms with Crippen LogP contribution in [-0.4, -0.2) is 44.9 Å². The molecule has 1 aromatic carbocycles. The smallest absolute Gasteiger partial charge is 0.274 e. The Labute approximate surface area is 174 Å². The first-order valence-electron chi connectivity index (χ1n) is 10.4. The molecule has 0 N–H and O–H groups in total. The van der Waals surface area contributed by atoms with Gasteiger partial charge in [-0.2, -0.15) is 4.98 Å². The van der Waals surface area contributed by atoms with Crippen LogP contribution in [0.3, 0.4) is 0 Å². The van der Waals surface area contributed by atoms with E-state index in [1.807, 2.05) is 46.0 Å². The predicted octanol–water partition coefficient (Wildman–Crippen LogP) is 3.72. The van der Waals surface area contributed by atoms with E-state index in [2.05, 4.69) is 17.1 Å². The molecular formula is C22H24N4O4. The lowest BCUT2D eigenvalue weighted by molar-refractivity contribution is -0.135. The molecule has 1 fully saturated rings. The van der Waals surface area contributed by atoms with E-state index in [-0.39, 0.29) is 19.2 Å². The van der Waals surface area contributed by atoms with Crippen LogP contribution in [0, 0.1) is 0 Å². The topological polar surface area (TPSA) is 82.6 Å². The summed E-state index contributed by atoms with van der Waals surface area (Å²) in [5.41, 5.74) is 1.51.